The molecule has 1 N–H and O–H groups in total. The summed E-state index contributed by atoms with van der Waals surface area (Å²) in [6, 6.07) is 3.48. The van der Waals surface area contributed by atoms with Gasteiger partial charge in [0.15, 0.2) is 5.65 Å². The number of anilines is 1. The molecule has 0 radical (unpaired) electrons. The maximum Gasteiger partial charge on any atom is 0.410 e. The topological polar surface area (TPSA) is 137 Å². The Kier molecular flexibility index (Phi) is 9.72. The van der Waals surface area contributed by atoms with Crippen molar-refractivity contribution in [2.75, 3.05) is 45.2 Å². The molecule has 212 valence electrons. The summed E-state index contributed by atoms with van der Waals surface area (Å²) in [6.07, 6.45) is 4.87. The van der Waals surface area contributed by atoms with Gasteiger partial charge in [-0.15, -0.1) is 0 Å². The Labute approximate surface area is 229 Å². The van der Waals surface area contributed by atoms with E-state index in [2.05, 4.69) is 22.2 Å². The predicted octanol–water partition coefficient (Wildman–Crippen LogP) is 3.22. The maximum absolute atomic E-state index is 12.9. The summed E-state index contributed by atoms with van der Waals surface area (Å²) in [7, 11) is 3.63. The van der Waals surface area contributed by atoms with E-state index >= 15 is 0 Å². The van der Waals surface area contributed by atoms with Crippen LogP contribution in [-0.2, 0) is 9.53 Å². The summed E-state index contributed by atoms with van der Waals surface area (Å²) >= 11 is 0. The SMILES string of the molecule is C[C@@H]1CCN(C(=O)CC#N)C[C@@H]1N(C)c1ncnc2c1ccn2C(=O)NCCCCN(C)C(=O)OC(C)(C)C. The number of fused-ring (bicyclic) bond motifs is 1. The molecule has 2 aromatic heterocycles. The number of unbranched alkanes of at least 4 members (excludes halogenated alkanes) is 1. The quantitative estimate of drug-likeness (QED) is 0.504. The monoisotopic (exact) mass is 540 g/mol. The molecule has 1 fully saturated rings. The van der Waals surface area contributed by atoms with E-state index in [0.29, 0.717) is 56.4 Å². The number of piperidine rings is 1. The van der Waals surface area contributed by atoms with Gasteiger partial charge in [0, 0.05) is 46.5 Å². The van der Waals surface area contributed by atoms with Gasteiger partial charge in [0.2, 0.25) is 5.91 Å². The van der Waals surface area contributed by atoms with E-state index < -0.39 is 5.60 Å². The van der Waals surface area contributed by atoms with Crippen LogP contribution in [0.5, 0.6) is 0 Å². The summed E-state index contributed by atoms with van der Waals surface area (Å²) in [5.74, 6) is 0.837. The molecule has 0 aromatic carbocycles. The van der Waals surface area contributed by atoms with E-state index in [0.717, 1.165) is 11.8 Å². The van der Waals surface area contributed by atoms with Gasteiger partial charge in [-0.05, 0) is 52.0 Å². The van der Waals surface area contributed by atoms with Crippen molar-refractivity contribution in [2.24, 2.45) is 5.92 Å². The van der Waals surface area contributed by atoms with Crippen LogP contribution < -0.4 is 10.2 Å². The summed E-state index contributed by atoms with van der Waals surface area (Å²) in [4.78, 5) is 51.5. The number of ether oxygens (including phenoxy) is 1. The predicted molar refractivity (Wildman–Crippen MR) is 147 cm³/mol. The van der Waals surface area contributed by atoms with Crippen LogP contribution in [0.3, 0.4) is 0 Å². The first-order chi connectivity index (χ1) is 18.4. The number of rotatable bonds is 8. The highest BCUT2D eigenvalue weighted by atomic mass is 16.6. The zero-order chi connectivity index (χ0) is 28.7. The van der Waals surface area contributed by atoms with E-state index in [4.69, 9.17) is 10.00 Å². The third kappa shape index (κ3) is 7.59. The molecule has 2 aromatic rings. The fraction of sp³-hybridized carbons (Fsp3) is 0.630. The molecule has 1 aliphatic heterocycles. The molecular weight excluding hydrogens is 500 g/mol. The van der Waals surface area contributed by atoms with Gasteiger partial charge in [-0.25, -0.2) is 19.6 Å². The summed E-state index contributed by atoms with van der Waals surface area (Å²) in [6.45, 7) is 9.76. The fourth-order valence-electron chi connectivity index (χ4n) is 4.68. The number of carbonyl (C=O) groups excluding carboxylic acids is 3. The van der Waals surface area contributed by atoms with Crippen molar-refractivity contribution in [3.63, 3.8) is 0 Å². The van der Waals surface area contributed by atoms with Crippen LogP contribution >= 0.6 is 0 Å². The van der Waals surface area contributed by atoms with Crippen molar-refractivity contribution in [3.8, 4) is 6.07 Å². The first-order valence-corrected chi connectivity index (χ1v) is 13.3. The number of hydrogen-bond donors (Lipinski definition) is 1. The maximum atomic E-state index is 12.9. The van der Waals surface area contributed by atoms with Gasteiger partial charge < -0.3 is 24.8 Å². The zero-order valence-electron chi connectivity index (χ0n) is 23.8. The number of carbonyl (C=O) groups is 3. The molecule has 0 bridgehead atoms. The van der Waals surface area contributed by atoms with Crippen molar-refractivity contribution in [1.82, 2.24) is 29.7 Å². The molecule has 0 spiro atoms. The van der Waals surface area contributed by atoms with Crippen LogP contribution in [0.1, 0.15) is 53.4 Å². The van der Waals surface area contributed by atoms with Gasteiger partial charge in [0.05, 0.1) is 17.5 Å². The lowest BCUT2D eigenvalue weighted by molar-refractivity contribution is -0.131. The fourth-order valence-corrected chi connectivity index (χ4v) is 4.68. The van der Waals surface area contributed by atoms with E-state index in [1.54, 1.807) is 18.1 Å². The normalized spacial score (nSPS) is 17.4. The zero-order valence-corrected chi connectivity index (χ0v) is 23.8. The van der Waals surface area contributed by atoms with E-state index in [1.165, 1.54) is 15.8 Å². The minimum Gasteiger partial charge on any atom is -0.444 e. The van der Waals surface area contributed by atoms with E-state index in [-0.39, 0.29) is 30.5 Å². The smallest absolute Gasteiger partial charge is 0.410 e. The van der Waals surface area contributed by atoms with Crippen LogP contribution in [0, 0.1) is 17.2 Å². The van der Waals surface area contributed by atoms with E-state index in [9.17, 15) is 14.4 Å². The Hall–Kier alpha value is -3.88. The molecule has 0 unspecified atom stereocenters. The summed E-state index contributed by atoms with van der Waals surface area (Å²) < 4.78 is 6.82. The third-order valence-corrected chi connectivity index (χ3v) is 6.91. The van der Waals surface area contributed by atoms with E-state index in [1.807, 2.05) is 44.9 Å². The number of likely N-dealkylation sites (N-methyl/N-ethyl adjacent to an activating group) is 1. The van der Waals surface area contributed by atoms with Gasteiger partial charge in [0.25, 0.3) is 0 Å². The number of nitriles is 1. The average Bonchev–Trinajstić information content (AvgIpc) is 3.31. The standard InChI is InChI=1S/C27H40N8O4/c1-19-10-15-34(22(36)9-12-28)17-21(19)33(6)23-20-11-16-35(24(20)31-18-30-23)25(37)29-13-7-8-14-32(5)26(38)39-27(2,3)4/h11,16,18-19,21H,7-10,13-15,17H2,1-6H3,(H,29,37)/t19-,21+/m1/s1. The van der Waals surface area contributed by atoms with Gasteiger partial charge in [-0.2, -0.15) is 5.26 Å². The highest BCUT2D eigenvalue weighted by Crippen LogP contribution is 2.29. The van der Waals surface area contributed by atoms with Gasteiger partial charge in [-0.1, -0.05) is 6.92 Å². The van der Waals surface area contributed by atoms with Gasteiger partial charge >= 0.3 is 12.1 Å². The van der Waals surface area contributed by atoms with Crippen LogP contribution in [0.15, 0.2) is 18.6 Å². The number of likely N-dealkylation sites (tertiary alicyclic amines) is 1. The van der Waals surface area contributed by atoms with Crippen molar-refractivity contribution in [2.45, 2.75) is 65.0 Å². The molecular formula is C27H40N8O4. The summed E-state index contributed by atoms with van der Waals surface area (Å²) in [5.41, 5.74) is -0.0433. The number of hydrogen-bond acceptors (Lipinski definition) is 8. The molecule has 1 saturated heterocycles. The van der Waals surface area contributed by atoms with Crippen molar-refractivity contribution in [3.05, 3.63) is 18.6 Å². The third-order valence-electron chi connectivity index (χ3n) is 6.91. The van der Waals surface area contributed by atoms with Crippen LogP contribution in [0.25, 0.3) is 11.0 Å². The highest BCUT2D eigenvalue weighted by molar-refractivity contribution is 5.94. The second kappa shape index (κ2) is 12.8. The lowest BCUT2D eigenvalue weighted by Gasteiger charge is -2.42. The molecule has 0 aliphatic carbocycles. The number of aromatic nitrogens is 3. The van der Waals surface area contributed by atoms with Crippen molar-refractivity contribution < 1.29 is 19.1 Å². The second-order valence-electron chi connectivity index (χ2n) is 11.1. The Morgan fingerprint density at radius 1 is 1.23 bits per heavy atom. The van der Waals surface area contributed by atoms with Gasteiger partial charge in [-0.3, -0.25) is 9.36 Å². The van der Waals surface area contributed by atoms with Crippen LogP contribution in [0.2, 0.25) is 0 Å². The molecule has 12 heteroatoms. The Bertz CT molecular complexity index is 1210. The lowest BCUT2D eigenvalue weighted by Crippen LogP contribution is -2.52. The Morgan fingerprint density at radius 2 is 1.97 bits per heavy atom. The largest absolute Gasteiger partial charge is 0.444 e. The molecule has 3 rings (SSSR count). The van der Waals surface area contributed by atoms with Crippen LogP contribution in [0.4, 0.5) is 15.4 Å². The molecule has 2 atom stereocenters. The number of amides is 3. The van der Waals surface area contributed by atoms with Crippen molar-refractivity contribution in [1.29, 1.82) is 5.26 Å². The molecule has 3 heterocycles. The number of nitrogens with zero attached hydrogens (tertiary/aromatic N) is 7. The first-order valence-electron chi connectivity index (χ1n) is 13.3. The lowest BCUT2D eigenvalue weighted by atomic mass is 9.92. The molecule has 3 amide bonds. The van der Waals surface area contributed by atoms with Crippen molar-refractivity contribution >= 4 is 34.9 Å². The Balaban J connectivity index is 1.60. The minimum absolute atomic E-state index is 0.00970. The second-order valence-corrected chi connectivity index (χ2v) is 11.1. The minimum atomic E-state index is -0.539. The molecule has 1 aliphatic rings. The molecule has 0 saturated carbocycles. The Morgan fingerprint density at radius 3 is 2.67 bits per heavy atom. The average molecular weight is 541 g/mol. The highest BCUT2D eigenvalue weighted by Gasteiger charge is 2.33. The van der Waals surface area contributed by atoms with Crippen LogP contribution in [-0.4, -0.2) is 94.3 Å². The van der Waals surface area contributed by atoms with Gasteiger partial charge in [0.1, 0.15) is 24.2 Å². The molecule has 12 nitrogen and oxygen atoms in total. The molecule has 39 heavy (non-hydrogen) atoms. The summed E-state index contributed by atoms with van der Waals surface area (Å²) in [5, 5.41) is 12.6. The number of nitrogens with one attached hydrogen (secondary N) is 1. The first kappa shape index (κ1) is 29.7.